The molecule has 0 saturated carbocycles. The first-order valence-corrected chi connectivity index (χ1v) is 14.4. The van der Waals surface area contributed by atoms with Crippen molar-refractivity contribution in [3.05, 3.63) is 45.5 Å². The molecule has 4 rings (SSSR count). The number of ether oxygens (including phenoxy) is 2. The fourth-order valence-corrected chi connectivity index (χ4v) is 5.06. The molecule has 0 radical (unpaired) electrons. The number of aromatic nitrogens is 4. The molecule has 2 fully saturated rings. The van der Waals surface area contributed by atoms with Crippen LogP contribution < -0.4 is 161 Å². The second-order valence-electron chi connectivity index (χ2n) is 8.60. The third-order valence-electron chi connectivity index (χ3n) is 5.74. The van der Waals surface area contributed by atoms with E-state index in [4.69, 9.17) is 31.2 Å². The van der Waals surface area contributed by atoms with E-state index in [2.05, 4.69) is 19.0 Å². The van der Waals surface area contributed by atoms with Crippen molar-refractivity contribution in [2.45, 2.75) is 49.1 Å². The van der Waals surface area contributed by atoms with Crippen LogP contribution in [0.3, 0.4) is 0 Å². The van der Waals surface area contributed by atoms with Gasteiger partial charge in [0.2, 0.25) is 0 Å². The predicted octanol–water partition coefficient (Wildman–Crippen LogP) is -19.4. The smallest absolute Gasteiger partial charge is 0.790 e. The van der Waals surface area contributed by atoms with Gasteiger partial charge in [-0.2, -0.15) is 9.97 Å². The van der Waals surface area contributed by atoms with E-state index in [1.54, 1.807) is 0 Å². The van der Waals surface area contributed by atoms with Crippen LogP contribution in [0.4, 0.5) is 11.6 Å². The second-order valence-corrected chi connectivity index (χ2v) is 10.8. The summed E-state index contributed by atoms with van der Waals surface area (Å²) in [4.78, 5) is 73.0. The number of nitrogens with two attached hydrogens (primary N) is 2. The number of nitrogens with zero attached hydrogens (tertiary/aromatic N) is 4. The Morgan fingerprint density at radius 3 is 1.52 bits per heavy atom. The molecule has 2 aliphatic rings. The Morgan fingerprint density at radius 1 is 0.739 bits per heavy atom. The minimum Gasteiger partial charge on any atom is -0.790 e. The average molecular weight is 734 g/mol. The SMILES string of the molecule is Nc1ccn([C@@H]2O[C@H](CO)[C@@H](O)[C@H]2OP(=O)([O-])[O-])c(=O)n1.Nc1ccn([C@@H]2O[C@H](CO)[C@@H](OP(=O)([O-])[O-])[C@H]2O)c(=O)n1.[Na+].[Na+].[Na+].[Na+]. The largest absolute Gasteiger partial charge is 1.00 e. The number of anilines is 2. The summed E-state index contributed by atoms with van der Waals surface area (Å²) in [6.45, 7) is -1.40. The molecule has 236 valence electrons. The van der Waals surface area contributed by atoms with Gasteiger partial charge in [0.1, 0.15) is 48.3 Å². The number of phosphoric ester groups is 2. The van der Waals surface area contributed by atoms with Crippen LogP contribution in [-0.2, 0) is 27.7 Å². The Balaban J connectivity index is 0. The van der Waals surface area contributed by atoms with Crippen molar-refractivity contribution >= 4 is 27.3 Å². The van der Waals surface area contributed by atoms with E-state index in [-0.39, 0.29) is 130 Å². The fourth-order valence-electron chi connectivity index (χ4n) is 3.97. The summed E-state index contributed by atoms with van der Waals surface area (Å²) in [7, 11) is -10.9. The molecule has 0 amide bonds. The summed E-state index contributed by atoms with van der Waals surface area (Å²) in [6, 6.07) is 2.49. The van der Waals surface area contributed by atoms with Gasteiger partial charge in [0, 0.05) is 12.4 Å². The molecule has 46 heavy (non-hydrogen) atoms. The maximum atomic E-state index is 11.7. The minimum absolute atomic E-state index is 0. The van der Waals surface area contributed by atoms with Gasteiger partial charge < -0.3 is 79.1 Å². The quantitative estimate of drug-likeness (QED) is 0.108. The van der Waals surface area contributed by atoms with E-state index in [0.717, 1.165) is 15.3 Å². The average Bonchev–Trinajstić information content (AvgIpc) is 3.33. The molecular weight excluding hydrogens is 710 g/mol. The molecule has 8 atom stereocenters. The number of hydrogen-bond acceptors (Lipinski definition) is 20. The molecular formula is C18H24N6Na4O16P2. The standard InChI is InChI=1S/2C9H14N3O8P.4Na/c10-5-1-2-12(9(15)11-5)8-6(14)7(4(3-13)19-8)20-21(16,17)18;10-5-1-2-12(9(15)11-5)8-7(20-21(16,17)18)6(14)4(3-13)19-8;;;;/h2*1-2,4,6-8,13-14H,3H2,(H2,10,11,15)(H2,16,17,18);;;;/q;;4*+1/p-4/t2*4-,6-,7-,8-;;;;/m11..../s1. The van der Waals surface area contributed by atoms with Crippen molar-refractivity contribution in [3.8, 4) is 0 Å². The predicted molar refractivity (Wildman–Crippen MR) is 125 cm³/mol. The Hall–Kier alpha value is 1.34. The number of aliphatic hydroxyl groups excluding tert-OH is 4. The van der Waals surface area contributed by atoms with E-state index in [1.807, 2.05) is 0 Å². The van der Waals surface area contributed by atoms with Crippen LogP contribution in [0.25, 0.3) is 0 Å². The summed E-state index contributed by atoms with van der Waals surface area (Å²) in [5.41, 5.74) is 8.87. The third kappa shape index (κ3) is 13.5. The zero-order valence-electron chi connectivity index (χ0n) is 24.9. The molecule has 2 aromatic rings. The first kappa shape index (κ1) is 49.5. The molecule has 0 aromatic carbocycles. The molecule has 2 aromatic heterocycles. The third-order valence-corrected chi connectivity index (χ3v) is 6.74. The van der Waals surface area contributed by atoms with Gasteiger partial charge in [-0.15, -0.1) is 0 Å². The van der Waals surface area contributed by atoms with Crippen LogP contribution in [-0.4, -0.2) is 89.4 Å². The van der Waals surface area contributed by atoms with E-state index in [0.29, 0.717) is 0 Å². The molecule has 0 spiro atoms. The topological polar surface area (TPSA) is 366 Å². The number of nitrogen functional groups attached to an aromatic ring is 2. The molecule has 0 unspecified atom stereocenters. The second kappa shape index (κ2) is 21.0. The normalized spacial score (nSPS) is 27.1. The van der Waals surface area contributed by atoms with E-state index < -0.39 is 89.3 Å². The van der Waals surface area contributed by atoms with E-state index in [9.17, 15) is 48.5 Å². The zero-order chi connectivity index (χ0) is 31.6. The van der Waals surface area contributed by atoms with E-state index in [1.165, 1.54) is 18.3 Å². The van der Waals surface area contributed by atoms with Gasteiger partial charge in [0.05, 0.1) is 28.9 Å². The molecule has 0 aliphatic carbocycles. The molecule has 2 aliphatic heterocycles. The Morgan fingerprint density at radius 2 is 1.13 bits per heavy atom. The minimum atomic E-state index is -5.45. The number of rotatable bonds is 8. The Kier molecular flexibility index (Phi) is 22.6. The van der Waals surface area contributed by atoms with Gasteiger partial charge in [-0.1, -0.05) is 0 Å². The van der Waals surface area contributed by atoms with Gasteiger partial charge in [-0.25, -0.2) is 9.59 Å². The summed E-state index contributed by atoms with van der Waals surface area (Å²) in [6.07, 6.45) is -9.67. The van der Waals surface area contributed by atoms with Gasteiger partial charge in [0.25, 0.3) is 0 Å². The molecule has 2 saturated heterocycles. The van der Waals surface area contributed by atoms with Crippen molar-refractivity contribution in [1.82, 2.24) is 19.1 Å². The van der Waals surface area contributed by atoms with Crippen LogP contribution in [0.15, 0.2) is 34.1 Å². The van der Waals surface area contributed by atoms with Crippen LogP contribution in [0.1, 0.15) is 12.5 Å². The molecule has 8 N–H and O–H groups in total. The molecule has 28 heteroatoms. The van der Waals surface area contributed by atoms with Crippen LogP contribution in [0.2, 0.25) is 0 Å². The number of hydrogen-bond donors (Lipinski definition) is 6. The summed E-state index contributed by atoms with van der Waals surface area (Å²) in [5.74, 6) is -0.136. The van der Waals surface area contributed by atoms with Crippen molar-refractivity contribution in [1.29, 1.82) is 0 Å². The summed E-state index contributed by atoms with van der Waals surface area (Å²) in [5, 5.41) is 37.9. The van der Waals surface area contributed by atoms with Gasteiger partial charge in [-0.3, -0.25) is 9.13 Å². The fraction of sp³-hybridized carbons (Fsp3) is 0.556. The molecule has 22 nitrogen and oxygen atoms in total. The zero-order valence-corrected chi connectivity index (χ0v) is 34.7. The van der Waals surface area contributed by atoms with E-state index >= 15 is 0 Å². The number of aliphatic hydroxyl groups is 4. The molecule has 4 heterocycles. The van der Waals surface area contributed by atoms with Crippen molar-refractivity contribution in [3.63, 3.8) is 0 Å². The Labute approximate surface area is 347 Å². The van der Waals surface area contributed by atoms with Gasteiger partial charge in [-0.05, 0) is 12.1 Å². The molecule has 0 bridgehead atoms. The maximum absolute atomic E-state index is 11.7. The van der Waals surface area contributed by atoms with Crippen molar-refractivity contribution < 1.29 is 186 Å². The van der Waals surface area contributed by atoms with Crippen LogP contribution in [0, 0.1) is 0 Å². The Bertz CT molecular complexity index is 1470. The number of phosphoric acid groups is 2. The van der Waals surface area contributed by atoms with Crippen LogP contribution >= 0.6 is 15.6 Å². The summed E-state index contributed by atoms with van der Waals surface area (Å²) < 4.78 is 41.7. The van der Waals surface area contributed by atoms with Gasteiger partial charge in [0.15, 0.2) is 12.5 Å². The van der Waals surface area contributed by atoms with Crippen LogP contribution in [0.5, 0.6) is 0 Å². The monoisotopic (exact) mass is 734 g/mol. The van der Waals surface area contributed by atoms with Crippen molar-refractivity contribution in [2.75, 3.05) is 24.7 Å². The first-order chi connectivity index (χ1) is 19.5. The maximum Gasteiger partial charge on any atom is 1.00 e. The first-order valence-electron chi connectivity index (χ1n) is 11.4. The van der Waals surface area contributed by atoms with Gasteiger partial charge >= 0.3 is 130 Å². The van der Waals surface area contributed by atoms with Crippen molar-refractivity contribution in [2.24, 2.45) is 0 Å². The summed E-state index contributed by atoms with van der Waals surface area (Å²) >= 11 is 0.